The van der Waals surface area contributed by atoms with Gasteiger partial charge in [-0.1, -0.05) is 158 Å². The van der Waals surface area contributed by atoms with Crippen molar-refractivity contribution in [2.75, 3.05) is 0 Å². The molecule has 0 atom stereocenters. The van der Waals surface area contributed by atoms with E-state index in [2.05, 4.69) is 203 Å². The minimum absolute atomic E-state index is 0.543. The summed E-state index contributed by atoms with van der Waals surface area (Å²) in [7, 11) is 0. The van der Waals surface area contributed by atoms with Crippen LogP contribution >= 0.6 is 11.3 Å². The van der Waals surface area contributed by atoms with E-state index in [1.54, 1.807) is 11.3 Å². The molecule has 0 unspecified atom stereocenters. The number of para-hydroxylation sites is 3. The number of hydrogen-bond acceptors (Lipinski definition) is 5. The van der Waals surface area contributed by atoms with E-state index in [0.717, 1.165) is 93.4 Å². The average molecular weight is 849 g/mol. The molecule has 0 fully saturated rings. The molecule has 0 N–H and O–H groups in total. The summed E-state index contributed by atoms with van der Waals surface area (Å²) < 4.78 is 5.85. The third kappa shape index (κ3) is 6.16. The molecule has 13 aromatic rings. The van der Waals surface area contributed by atoms with Crippen LogP contribution in [0.15, 0.2) is 218 Å². The van der Waals surface area contributed by atoms with Crippen molar-refractivity contribution in [2.45, 2.75) is 0 Å². The fourth-order valence-corrected chi connectivity index (χ4v) is 10.4. The summed E-state index contributed by atoms with van der Waals surface area (Å²) in [5, 5.41) is 5.56. The van der Waals surface area contributed by atoms with E-state index in [0.29, 0.717) is 17.6 Å². The van der Waals surface area contributed by atoms with E-state index in [9.17, 15) is 0 Å². The summed E-state index contributed by atoms with van der Waals surface area (Å²) in [6.07, 6.45) is 0. The van der Waals surface area contributed by atoms with Gasteiger partial charge >= 0.3 is 0 Å². The van der Waals surface area contributed by atoms with Crippen molar-refractivity contribution in [3.8, 4) is 67.2 Å². The van der Waals surface area contributed by atoms with E-state index in [1.165, 1.54) is 10.1 Å². The molecule has 0 aliphatic rings. The molecule has 0 saturated carbocycles. The smallest absolute Gasteiger partial charge is 0.238 e. The maximum atomic E-state index is 5.51. The summed E-state index contributed by atoms with van der Waals surface area (Å²) >= 11 is 1.72. The molecule has 9 aromatic carbocycles. The van der Waals surface area contributed by atoms with Gasteiger partial charge in [-0.2, -0.15) is 9.97 Å². The van der Waals surface area contributed by atoms with Crippen LogP contribution in [-0.2, 0) is 0 Å². The molecule has 304 valence electrons. The molecule has 0 amide bonds. The van der Waals surface area contributed by atoms with E-state index in [4.69, 9.17) is 19.9 Å². The Morgan fingerprint density at radius 2 is 0.892 bits per heavy atom. The van der Waals surface area contributed by atoms with E-state index in [1.807, 2.05) is 24.3 Å². The summed E-state index contributed by atoms with van der Waals surface area (Å²) in [6.45, 7) is 0. The Morgan fingerprint density at radius 3 is 1.58 bits per heavy atom. The Labute approximate surface area is 378 Å². The number of hydrogen-bond donors (Lipinski definition) is 0. The minimum Gasteiger partial charge on any atom is -0.307 e. The van der Waals surface area contributed by atoms with Crippen LogP contribution in [0.25, 0.3) is 121 Å². The highest BCUT2D eigenvalue weighted by atomic mass is 32.1. The lowest BCUT2D eigenvalue weighted by molar-refractivity contribution is 0.953. The molecular formula is C58H36N6S. The predicted molar refractivity (Wildman–Crippen MR) is 269 cm³/mol. The summed E-state index contributed by atoms with van der Waals surface area (Å²) in [4.78, 5) is 21.2. The zero-order chi connectivity index (χ0) is 42.8. The largest absolute Gasteiger partial charge is 0.307 e. The zero-order valence-corrected chi connectivity index (χ0v) is 35.7. The number of thiazole rings is 1. The van der Waals surface area contributed by atoms with Gasteiger partial charge < -0.3 is 4.57 Å². The maximum absolute atomic E-state index is 5.51. The van der Waals surface area contributed by atoms with Gasteiger partial charge in [0.1, 0.15) is 5.01 Å². The van der Waals surface area contributed by atoms with Crippen molar-refractivity contribution in [3.05, 3.63) is 218 Å². The molecule has 0 radical (unpaired) electrons. The van der Waals surface area contributed by atoms with Crippen LogP contribution < -0.4 is 0 Å². The average Bonchev–Trinajstić information content (AvgIpc) is 4.08. The molecule has 4 heterocycles. The minimum atomic E-state index is 0.543. The van der Waals surface area contributed by atoms with Gasteiger partial charge in [0, 0.05) is 43.9 Å². The van der Waals surface area contributed by atoms with Gasteiger partial charge in [0.05, 0.1) is 32.3 Å². The van der Waals surface area contributed by atoms with E-state index < -0.39 is 0 Å². The van der Waals surface area contributed by atoms with Crippen molar-refractivity contribution in [3.63, 3.8) is 0 Å². The van der Waals surface area contributed by atoms with Crippen LogP contribution in [-0.4, -0.2) is 29.1 Å². The zero-order valence-electron chi connectivity index (χ0n) is 34.9. The molecule has 4 aromatic heterocycles. The normalized spacial score (nSPS) is 11.7. The number of aromatic nitrogens is 6. The molecule has 0 aliphatic heterocycles. The fourth-order valence-electron chi connectivity index (χ4n) is 9.43. The second kappa shape index (κ2) is 15.1. The van der Waals surface area contributed by atoms with Crippen molar-refractivity contribution in [2.24, 2.45) is 0 Å². The lowest BCUT2D eigenvalue weighted by Crippen LogP contribution is -2.07. The van der Waals surface area contributed by atoms with Crippen LogP contribution in [0.5, 0.6) is 0 Å². The Balaban J connectivity index is 1.09. The van der Waals surface area contributed by atoms with Crippen LogP contribution in [0.1, 0.15) is 0 Å². The van der Waals surface area contributed by atoms with E-state index >= 15 is 0 Å². The Kier molecular flexibility index (Phi) is 8.60. The van der Waals surface area contributed by atoms with Crippen molar-refractivity contribution < 1.29 is 0 Å². The van der Waals surface area contributed by atoms with Crippen LogP contribution in [0.3, 0.4) is 0 Å². The quantitative estimate of drug-likeness (QED) is 0.160. The van der Waals surface area contributed by atoms with Crippen LogP contribution in [0.2, 0.25) is 0 Å². The molecular weight excluding hydrogens is 813 g/mol. The van der Waals surface area contributed by atoms with Gasteiger partial charge in [-0.3, -0.25) is 4.57 Å². The van der Waals surface area contributed by atoms with E-state index in [-0.39, 0.29) is 0 Å². The molecule has 0 aliphatic carbocycles. The van der Waals surface area contributed by atoms with Gasteiger partial charge in [-0.25, -0.2) is 9.97 Å². The SMILES string of the molecule is c1ccc(-c2ccc(-c3nc(-c4ccccc4)nc(-n4c5ccccc5c5ccc6c7ccccc7n(-c7ccc(-c8nc9ccccc9s8)cc7)c6c54)n3)c(-c3ccccc3)c2)cc1. The fraction of sp³-hybridized carbons (Fsp3) is 0. The van der Waals surface area contributed by atoms with Crippen molar-refractivity contribution in [1.29, 1.82) is 0 Å². The molecule has 65 heavy (non-hydrogen) atoms. The van der Waals surface area contributed by atoms with Gasteiger partial charge in [0.2, 0.25) is 5.95 Å². The lowest BCUT2D eigenvalue weighted by atomic mass is 9.94. The second-order valence-corrected chi connectivity index (χ2v) is 17.3. The summed E-state index contributed by atoms with van der Waals surface area (Å²) in [5.74, 6) is 1.74. The monoisotopic (exact) mass is 848 g/mol. The Morgan fingerprint density at radius 1 is 0.338 bits per heavy atom. The Bertz CT molecular complexity index is 3890. The highest BCUT2D eigenvalue weighted by Crippen LogP contribution is 2.43. The van der Waals surface area contributed by atoms with Crippen molar-refractivity contribution in [1.82, 2.24) is 29.1 Å². The number of fused-ring (bicyclic) bond motifs is 8. The highest BCUT2D eigenvalue weighted by molar-refractivity contribution is 7.21. The number of benzene rings is 9. The van der Waals surface area contributed by atoms with Crippen LogP contribution in [0.4, 0.5) is 0 Å². The first kappa shape index (κ1) is 37.1. The number of rotatable bonds is 7. The highest BCUT2D eigenvalue weighted by Gasteiger charge is 2.24. The lowest BCUT2D eigenvalue weighted by Gasteiger charge is -2.15. The maximum Gasteiger partial charge on any atom is 0.238 e. The molecule has 6 nitrogen and oxygen atoms in total. The standard InChI is InChI=1S/C58H36N6S/c1-4-16-37(17-5-1)41-30-33-47(48(36-41)38-18-6-2-7-19-38)56-60-55(39-20-8-3-9-21-39)61-58(62-56)64-51-26-14-11-23-44(51)46-35-34-45-43-22-10-13-25-50(43)63(53(45)54(46)64)42-31-28-40(29-32-42)57-59-49-24-12-15-27-52(49)65-57/h1-36H. The molecule has 0 bridgehead atoms. The van der Waals surface area contributed by atoms with Gasteiger partial charge in [0.15, 0.2) is 11.6 Å². The first-order chi connectivity index (χ1) is 32.2. The summed E-state index contributed by atoms with van der Waals surface area (Å²) in [5.41, 5.74) is 13.6. The predicted octanol–water partition coefficient (Wildman–Crippen LogP) is 15.0. The first-order valence-corrected chi connectivity index (χ1v) is 22.5. The van der Waals surface area contributed by atoms with Crippen LogP contribution in [0, 0.1) is 0 Å². The third-order valence-electron chi connectivity index (χ3n) is 12.4. The molecule has 13 rings (SSSR count). The second-order valence-electron chi connectivity index (χ2n) is 16.2. The molecule has 7 heteroatoms. The molecule has 0 saturated heterocycles. The first-order valence-electron chi connectivity index (χ1n) is 21.7. The van der Waals surface area contributed by atoms with Crippen molar-refractivity contribution >= 4 is 65.2 Å². The Hall–Kier alpha value is -8.52. The topological polar surface area (TPSA) is 61.4 Å². The third-order valence-corrected chi connectivity index (χ3v) is 13.5. The van der Waals surface area contributed by atoms with Gasteiger partial charge in [0.25, 0.3) is 0 Å². The van der Waals surface area contributed by atoms with Gasteiger partial charge in [-0.15, -0.1) is 11.3 Å². The molecule has 0 spiro atoms. The summed E-state index contributed by atoms with van der Waals surface area (Å²) in [6, 6.07) is 76.9. The van der Waals surface area contributed by atoms with Gasteiger partial charge in [-0.05, 0) is 82.9 Å². The number of nitrogens with zero attached hydrogens (tertiary/aromatic N) is 6.